The van der Waals surface area contributed by atoms with E-state index < -0.39 is 6.17 Å². The third kappa shape index (κ3) is 3.39. The Hall–Kier alpha value is -3.74. The lowest BCUT2D eigenvalue weighted by atomic mass is 10.2. The predicted octanol–water partition coefficient (Wildman–Crippen LogP) is 4.27. The second kappa shape index (κ2) is 8.32. The fraction of sp³-hybridized carbons (Fsp3) is 0.217. The molecule has 30 heavy (non-hydrogen) atoms. The molecule has 2 heterocycles. The van der Waals surface area contributed by atoms with Crippen molar-refractivity contribution < 1.29 is 19.0 Å². The largest absolute Gasteiger partial charge is 0.497 e. The summed E-state index contributed by atoms with van der Waals surface area (Å²) < 4.78 is 16.7. The number of hydrogen-bond acceptors (Lipinski definition) is 6. The number of hydrogen-bond donors (Lipinski definition) is 1. The zero-order chi connectivity index (χ0) is 21.1. The summed E-state index contributed by atoms with van der Waals surface area (Å²) in [4.78, 5) is 19.5. The highest BCUT2D eigenvalue weighted by Crippen LogP contribution is 2.43. The SMILES string of the molecule is CCOc1ccccc1NC1c2ncccc2C(=O)N1c1cc(OC)ccc1OC. The molecule has 1 N–H and O–H groups in total. The van der Waals surface area contributed by atoms with Gasteiger partial charge in [-0.1, -0.05) is 12.1 Å². The monoisotopic (exact) mass is 405 g/mol. The lowest BCUT2D eigenvalue weighted by molar-refractivity contribution is 0.0992. The van der Waals surface area contributed by atoms with Crippen LogP contribution in [0.5, 0.6) is 17.2 Å². The number of fused-ring (bicyclic) bond motifs is 1. The van der Waals surface area contributed by atoms with Crippen molar-refractivity contribution in [3.8, 4) is 17.2 Å². The van der Waals surface area contributed by atoms with Crippen LogP contribution in [-0.4, -0.2) is 31.7 Å². The first-order valence-corrected chi connectivity index (χ1v) is 9.66. The molecule has 1 aliphatic rings. The van der Waals surface area contributed by atoms with Crippen molar-refractivity contribution in [1.82, 2.24) is 4.98 Å². The number of methoxy groups -OCH3 is 2. The van der Waals surface area contributed by atoms with Crippen molar-refractivity contribution in [2.45, 2.75) is 13.1 Å². The molecule has 0 saturated heterocycles. The van der Waals surface area contributed by atoms with E-state index in [1.807, 2.05) is 31.2 Å². The van der Waals surface area contributed by atoms with E-state index in [1.165, 1.54) is 0 Å². The van der Waals surface area contributed by atoms with E-state index >= 15 is 0 Å². The van der Waals surface area contributed by atoms with E-state index in [4.69, 9.17) is 14.2 Å². The second-order valence-electron chi connectivity index (χ2n) is 6.63. The first-order chi connectivity index (χ1) is 14.7. The maximum absolute atomic E-state index is 13.4. The Morgan fingerprint density at radius 2 is 1.87 bits per heavy atom. The molecule has 1 aromatic heterocycles. The third-order valence-corrected chi connectivity index (χ3v) is 4.93. The van der Waals surface area contributed by atoms with E-state index in [2.05, 4.69) is 10.3 Å². The Kier molecular flexibility index (Phi) is 5.43. The number of para-hydroxylation sites is 2. The summed E-state index contributed by atoms with van der Waals surface area (Å²) >= 11 is 0. The number of nitrogens with one attached hydrogen (secondary N) is 1. The third-order valence-electron chi connectivity index (χ3n) is 4.93. The van der Waals surface area contributed by atoms with Crippen LogP contribution in [0.2, 0.25) is 0 Å². The number of ether oxygens (including phenoxy) is 3. The van der Waals surface area contributed by atoms with E-state index in [0.29, 0.717) is 40.8 Å². The average molecular weight is 405 g/mol. The number of aromatic nitrogens is 1. The molecule has 0 saturated carbocycles. The number of carbonyl (C=O) groups excluding carboxylic acids is 1. The molecule has 0 radical (unpaired) electrons. The fourth-order valence-electron chi connectivity index (χ4n) is 3.57. The van der Waals surface area contributed by atoms with Crippen molar-refractivity contribution in [3.05, 3.63) is 72.1 Å². The summed E-state index contributed by atoms with van der Waals surface area (Å²) in [5.74, 6) is 1.71. The first-order valence-electron chi connectivity index (χ1n) is 9.66. The zero-order valence-electron chi connectivity index (χ0n) is 17.1. The van der Waals surface area contributed by atoms with Gasteiger partial charge in [0.05, 0.1) is 43.5 Å². The van der Waals surface area contributed by atoms with Crippen LogP contribution in [0.15, 0.2) is 60.8 Å². The number of amides is 1. The molecule has 4 rings (SSSR count). The lowest BCUT2D eigenvalue weighted by Gasteiger charge is -2.28. The van der Waals surface area contributed by atoms with Gasteiger partial charge in [-0.3, -0.25) is 14.7 Å². The van der Waals surface area contributed by atoms with Gasteiger partial charge in [-0.25, -0.2) is 0 Å². The van der Waals surface area contributed by atoms with Crippen molar-refractivity contribution in [3.63, 3.8) is 0 Å². The van der Waals surface area contributed by atoms with E-state index in [-0.39, 0.29) is 5.91 Å². The normalized spacial score (nSPS) is 15.0. The highest BCUT2D eigenvalue weighted by atomic mass is 16.5. The van der Waals surface area contributed by atoms with Crippen LogP contribution in [-0.2, 0) is 0 Å². The molecule has 1 aliphatic heterocycles. The number of nitrogens with zero attached hydrogens (tertiary/aromatic N) is 2. The summed E-state index contributed by atoms with van der Waals surface area (Å²) in [6, 6.07) is 16.5. The van der Waals surface area contributed by atoms with Gasteiger partial charge in [0.2, 0.25) is 0 Å². The molecule has 2 aromatic carbocycles. The highest BCUT2D eigenvalue weighted by Gasteiger charge is 2.40. The van der Waals surface area contributed by atoms with E-state index in [0.717, 1.165) is 5.69 Å². The van der Waals surface area contributed by atoms with Crippen LogP contribution >= 0.6 is 0 Å². The molecule has 3 aromatic rings. The summed E-state index contributed by atoms with van der Waals surface area (Å²) in [5.41, 5.74) is 2.53. The maximum Gasteiger partial charge on any atom is 0.262 e. The molecule has 0 aliphatic carbocycles. The molecule has 7 nitrogen and oxygen atoms in total. The number of benzene rings is 2. The summed E-state index contributed by atoms with van der Waals surface area (Å²) in [5, 5.41) is 3.44. The van der Waals surface area contributed by atoms with Crippen LogP contribution < -0.4 is 24.4 Å². The summed E-state index contributed by atoms with van der Waals surface area (Å²) in [7, 11) is 3.16. The standard InChI is InChI=1S/C23H23N3O4/c1-4-30-19-10-6-5-9-17(19)25-22-21-16(8-7-13-24-21)23(27)26(22)18-14-15(28-2)11-12-20(18)29-3/h5-14,22,25H,4H2,1-3H3. The second-order valence-corrected chi connectivity index (χ2v) is 6.63. The number of carbonyl (C=O) groups is 1. The average Bonchev–Trinajstić information content (AvgIpc) is 3.06. The van der Waals surface area contributed by atoms with Crippen LogP contribution in [0.25, 0.3) is 0 Å². The van der Waals surface area contributed by atoms with Gasteiger partial charge in [-0.2, -0.15) is 0 Å². The van der Waals surface area contributed by atoms with Gasteiger partial charge in [-0.15, -0.1) is 0 Å². The minimum atomic E-state index is -0.545. The molecular formula is C23H23N3O4. The summed E-state index contributed by atoms with van der Waals surface area (Å²) in [6.07, 6.45) is 1.14. The predicted molar refractivity (Wildman–Crippen MR) is 115 cm³/mol. The van der Waals surface area contributed by atoms with Gasteiger partial charge in [0, 0.05) is 12.3 Å². The summed E-state index contributed by atoms with van der Waals surface area (Å²) in [6.45, 7) is 2.46. The number of pyridine rings is 1. The molecule has 0 spiro atoms. The quantitative estimate of drug-likeness (QED) is 0.633. The maximum atomic E-state index is 13.4. The minimum Gasteiger partial charge on any atom is -0.497 e. The van der Waals surface area contributed by atoms with Crippen LogP contribution in [0.3, 0.4) is 0 Å². The van der Waals surface area contributed by atoms with Crippen molar-refractivity contribution in [1.29, 1.82) is 0 Å². The lowest BCUT2D eigenvalue weighted by Crippen LogP contribution is -2.33. The van der Waals surface area contributed by atoms with Gasteiger partial charge < -0.3 is 19.5 Å². The Balaban J connectivity index is 1.83. The first kappa shape index (κ1) is 19.6. The van der Waals surface area contributed by atoms with Gasteiger partial charge >= 0.3 is 0 Å². The highest BCUT2D eigenvalue weighted by molar-refractivity contribution is 6.11. The molecule has 1 amide bonds. The van der Waals surface area contributed by atoms with Crippen LogP contribution in [0, 0.1) is 0 Å². The van der Waals surface area contributed by atoms with Gasteiger partial charge in [0.1, 0.15) is 17.2 Å². The van der Waals surface area contributed by atoms with E-state index in [9.17, 15) is 4.79 Å². The van der Waals surface area contributed by atoms with E-state index in [1.54, 1.807) is 55.6 Å². The van der Waals surface area contributed by atoms with Crippen LogP contribution in [0.1, 0.15) is 29.1 Å². The smallest absolute Gasteiger partial charge is 0.262 e. The van der Waals surface area contributed by atoms with Gasteiger partial charge in [-0.05, 0) is 43.3 Å². The Labute approximate surface area is 175 Å². The molecular weight excluding hydrogens is 382 g/mol. The molecule has 1 unspecified atom stereocenters. The molecule has 0 bridgehead atoms. The fourth-order valence-corrected chi connectivity index (χ4v) is 3.57. The topological polar surface area (TPSA) is 72.9 Å². The Morgan fingerprint density at radius 1 is 1.03 bits per heavy atom. The van der Waals surface area contributed by atoms with Crippen molar-refractivity contribution in [2.24, 2.45) is 0 Å². The molecule has 0 fully saturated rings. The molecule has 154 valence electrons. The zero-order valence-corrected chi connectivity index (χ0v) is 17.1. The molecule has 7 heteroatoms. The van der Waals surface area contributed by atoms with Crippen molar-refractivity contribution in [2.75, 3.05) is 31.0 Å². The number of rotatable bonds is 7. The van der Waals surface area contributed by atoms with Crippen LogP contribution in [0.4, 0.5) is 11.4 Å². The number of anilines is 2. The van der Waals surface area contributed by atoms with Gasteiger partial charge in [0.25, 0.3) is 5.91 Å². The minimum absolute atomic E-state index is 0.170. The van der Waals surface area contributed by atoms with Crippen molar-refractivity contribution >= 4 is 17.3 Å². The van der Waals surface area contributed by atoms with Gasteiger partial charge in [0.15, 0.2) is 6.17 Å². The Morgan fingerprint density at radius 3 is 2.63 bits per heavy atom. The Bertz CT molecular complexity index is 1070. The molecule has 1 atom stereocenters.